The minimum absolute atomic E-state index is 0.413. The van der Waals surface area contributed by atoms with E-state index in [2.05, 4.69) is 9.99 Å². The maximum atomic E-state index is 10.1. The molecule has 1 heterocycles. The Hall–Kier alpha value is -1.78. The van der Waals surface area contributed by atoms with Gasteiger partial charge in [0.05, 0.1) is 11.9 Å². The van der Waals surface area contributed by atoms with Crippen molar-refractivity contribution >= 4 is 12.2 Å². The van der Waals surface area contributed by atoms with Gasteiger partial charge in [-0.15, -0.1) is 0 Å². The molecule has 0 atom stereocenters. The Bertz CT molecular complexity index is 331. The average Bonchev–Trinajstić information content (AvgIpc) is 2.59. The van der Waals surface area contributed by atoms with Crippen molar-refractivity contribution in [1.82, 2.24) is 4.57 Å². The number of aliphatic carboxylic acids is 1. The molecule has 0 spiro atoms. The summed E-state index contributed by atoms with van der Waals surface area (Å²) in [5, 5.41) is 11.8. The van der Waals surface area contributed by atoms with Crippen molar-refractivity contribution in [3.05, 3.63) is 24.0 Å². The predicted octanol–water partition coefficient (Wildman–Crippen LogP) is 0.943. The Balaban J connectivity index is 2.47. The SMILES string of the molecule is CCn1cccc1C=NOCC(=O)O. The first kappa shape index (κ1) is 10.3. The summed E-state index contributed by atoms with van der Waals surface area (Å²) < 4.78 is 1.97. The predicted molar refractivity (Wildman–Crippen MR) is 51.3 cm³/mol. The summed E-state index contributed by atoms with van der Waals surface area (Å²) in [5.41, 5.74) is 0.887. The van der Waals surface area contributed by atoms with Crippen LogP contribution in [0, 0.1) is 0 Å². The van der Waals surface area contributed by atoms with Crippen molar-refractivity contribution in [3.8, 4) is 0 Å². The molecule has 0 aliphatic rings. The fourth-order valence-corrected chi connectivity index (χ4v) is 1.02. The Labute approximate surface area is 81.6 Å². The van der Waals surface area contributed by atoms with Crippen molar-refractivity contribution in [1.29, 1.82) is 0 Å². The summed E-state index contributed by atoms with van der Waals surface area (Å²) in [4.78, 5) is 14.6. The smallest absolute Gasteiger partial charge is 0.344 e. The molecule has 0 unspecified atom stereocenters. The maximum absolute atomic E-state index is 10.1. The number of rotatable bonds is 5. The first-order valence-corrected chi connectivity index (χ1v) is 4.26. The van der Waals surface area contributed by atoms with Gasteiger partial charge in [0.25, 0.3) is 0 Å². The molecule has 76 valence electrons. The van der Waals surface area contributed by atoms with Crippen LogP contribution in [-0.2, 0) is 16.2 Å². The minimum atomic E-state index is -1.03. The van der Waals surface area contributed by atoms with Crippen LogP contribution in [0.5, 0.6) is 0 Å². The standard InChI is InChI=1S/C9H12N2O3/c1-2-11-5-3-4-8(11)6-10-14-7-9(12)13/h3-6H,2,7H2,1H3,(H,12,13). The lowest BCUT2D eigenvalue weighted by atomic mass is 10.4. The summed E-state index contributed by atoms with van der Waals surface area (Å²) in [7, 11) is 0. The summed E-state index contributed by atoms with van der Waals surface area (Å²) >= 11 is 0. The molecule has 1 aromatic rings. The maximum Gasteiger partial charge on any atom is 0.344 e. The van der Waals surface area contributed by atoms with Crippen LogP contribution in [-0.4, -0.2) is 28.5 Å². The minimum Gasteiger partial charge on any atom is -0.479 e. The fraction of sp³-hybridized carbons (Fsp3) is 0.333. The Kier molecular flexibility index (Phi) is 3.72. The number of oxime groups is 1. The van der Waals surface area contributed by atoms with Crippen molar-refractivity contribution in [2.45, 2.75) is 13.5 Å². The number of carbonyl (C=O) groups is 1. The summed E-state index contributed by atoms with van der Waals surface area (Å²) in [6.45, 7) is 2.44. The Morgan fingerprint density at radius 1 is 1.79 bits per heavy atom. The highest BCUT2D eigenvalue weighted by molar-refractivity contribution is 5.77. The molecule has 0 aliphatic heterocycles. The molecule has 0 saturated carbocycles. The first-order chi connectivity index (χ1) is 6.74. The summed E-state index contributed by atoms with van der Waals surface area (Å²) in [5.74, 6) is -1.03. The number of carboxylic acid groups (broad SMARTS) is 1. The highest BCUT2D eigenvalue weighted by Crippen LogP contribution is 1.98. The molecular formula is C9H12N2O3. The zero-order chi connectivity index (χ0) is 10.4. The van der Waals surface area contributed by atoms with Crippen LogP contribution in [0.25, 0.3) is 0 Å². The van der Waals surface area contributed by atoms with Gasteiger partial charge in [-0.1, -0.05) is 5.16 Å². The molecule has 0 fully saturated rings. The molecule has 0 bridgehead atoms. The normalized spacial score (nSPS) is 10.6. The van der Waals surface area contributed by atoms with Crippen molar-refractivity contribution in [2.75, 3.05) is 6.61 Å². The highest BCUT2D eigenvalue weighted by atomic mass is 16.6. The van der Waals surface area contributed by atoms with Gasteiger partial charge in [0, 0.05) is 12.7 Å². The lowest BCUT2D eigenvalue weighted by molar-refractivity contribution is -0.142. The lowest BCUT2D eigenvalue weighted by Gasteiger charge is -1.99. The van der Waals surface area contributed by atoms with E-state index >= 15 is 0 Å². The van der Waals surface area contributed by atoms with Crippen LogP contribution >= 0.6 is 0 Å². The molecule has 0 radical (unpaired) electrons. The van der Waals surface area contributed by atoms with Crippen molar-refractivity contribution < 1.29 is 14.7 Å². The summed E-state index contributed by atoms with van der Waals surface area (Å²) in [6, 6.07) is 3.76. The zero-order valence-electron chi connectivity index (χ0n) is 7.88. The van der Waals surface area contributed by atoms with E-state index in [9.17, 15) is 4.79 Å². The van der Waals surface area contributed by atoms with Crippen LogP contribution in [0.4, 0.5) is 0 Å². The van der Waals surface area contributed by atoms with Crippen LogP contribution in [0.2, 0.25) is 0 Å². The number of aromatic nitrogens is 1. The van der Waals surface area contributed by atoms with E-state index in [4.69, 9.17) is 5.11 Å². The summed E-state index contributed by atoms with van der Waals surface area (Å²) in [6.07, 6.45) is 3.41. The average molecular weight is 196 g/mol. The van der Waals surface area contributed by atoms with Gasteiger partial charge in [0.1, 0.15) is 0 Å². The van der Waals surface area contributed by atoms with Gasteiger partial charge in [-0.05, 0) is 19.1 Å². The van der Waals surface area contributed by atoms with Crippen molar-refractivity contribution in [2.24, 2.45) is 5.16 Å². The van der Waals surface area contributed by atoms with E-state index in [0.717, 1.165) is 12.2 Å². The van der Waals surface area contributed by atoms with Crippen LogP contribution in [0.15, 0.2) is 23.5 Å². The van der Waals surface area contributed by atoms with Gasteiger partial charge in [0.2, 0.25) is 6.61 Å². The van der Waals surface area contributed by atoms with E-state index in [1.54, 1.807) is 0 Å². The van der Waals surface area contributed by atoms with Gasteiger partial charge in [-0.2, -0.15) is 0 Å². The largest absolute Gasteiger partial charge is 0.479 e. The third-order valence-electron chi connectivity index (χ3n) is 1.65. The van der Waals surface area contributed by atoms with E-state index in [0.29, 0.717) is 0 Å². The quantitative estimate of drug-likeness (QED) is 0.563. The van der Waals surface area contributed by atoms with E-state index in [1.165, 1.54) is 6.21 Å². The highest BCUT2D eigenvalue weighted by Gasteiger charge is 1.96. The molecule has 14 heavy (non-hydrogen) atoms. The number of aryl methyl sites for hydroxylation is 1. The molecule has 1 aromatic heterocycles. The molecule has 0 aromatic carbocycles. The van der Waals surface area contributed by atoms with Crippen LogP contribution in [0.3, 0.4) is 0 Å². The molecule has 5 nitrogen and oxygen atoms in total. The number of nitrogens with zero attached hydrogens (tertiary/aromatic N) is 2. The van der Waals surface area contributed by atoms with Gasteiger partial charge >= 0.3 is 5.97 Å². The third kappa shape index (κ3) is 2.93. The topological polar surface area (TPSA) is 63.8 Å². The Morgan fingerprint density at radius 3 is 3.21 bits per heavy atom. The van der Waals surface area contributed by atoms with Crippen LogP contribution in [0.1, 0.15) is 12.6 Å². The molecule has 0 amide bonds. The second-order valence-corrected chi connectivity index (χ2v) is 2.62. The van der Waals surface area contributed by atoms with Gasteiger partial charge < -0.3 is 14.5 Å². The van der Waals surface area contributed by atoms with E-state index < -0.39 is 12.6 Å². The van der Waals surface area contributed by atoms with Crippen LogP contribution < -0.4 is 0 Å². The lowest BCUT2D eigenvalue weighted by Crippen LogP contribution is -2.04. The molecular weight excluding hydrogens is 184 g/mol. The number of hydrogen-bond acceptors (Lipinski definition) is 3. The molecule has 1 N–H and O–H groups in total. The van der Waals surface area contributed by atoms with Gasteiger partial charge in [-0.3, -0.25) is 0 Å². The zero-order valence-corrected chi connectivity index (χ0v) is 7.88. The van der Waals surface area contributed by atoms with Gasteiger partial charge in [0.15, 0.2) is 0 Å². The van der Waals surface area contributed by atoms with Crippen molar-refractivity contribution in [3.63, 3.8) is 0 Å². The number of hydrogen-bond donors (Lipinski definition) is 1. The second-order valence-electron chi connectivity index (χ2n) is 2.62. The van der Waals surface area contributed by atoms with E-state index in [1.807, 2.05) is 29.8 Å². The second kappa shape index (κ2) is 5.06. The molecule has 1 rings (SSSR count). The molecule has 0 saturated heterocycles. The first-order valence-electron chi connectivity index (χ1n) is 4.26. The van der Waals surface area contributed by atoms with E-state index in [-0.39, 0.29) is 0 Å². The number of carboxylic acids is 1. The Morgan fingerprint density at radius 2 is 2.57 bits per heavy atom. The monoisotopic (exact) mass is 196 g/mol. The van der Waals surface area contributed by atoms with Gasteiger partial charge in [-0.25, -0.2) is 4.79 Å². The molecule has 5 heteroatoms. The fourth-order valence-electron chi connectivity index (χ4n) is 1.02. The third-order valence-corrected chi connectivity index (χ3v) is 1.65. The molecule has 0 aliphatic carbocycles.